The zero-order chi connectivity index (χ0) is 16.8. The number of hydrogen-bond acceptors (Lipinski definition) is 5. The van der Waals surface area contributed by atoms with E-state index >= 15 is 0 Å². The molecular formula is C16H18N4O2S. The molecular weight excluding hydrogens is 312 g/mol. The summed E-state index contributed by atoms with van der Waals surface area (Å²) < 4.78 is 0. The van der Waals surface area contributed by atoms with Gasteiger partial charge in [0, 0.05) is 12.5 Å². The molecule has 0 bridgehead atoms. The smallest absolute Gasteiger partial charge is 0.311 e. The fraction of sp³-hybridized carbons (Fsp3) is 0.375. The summed E-state index contributed by atoms with van der Waals surface area (Å²) in [5, 5.41) is 9.30. The molecule has 1 atom stereocenters. The van der Waals surface area contributed by atoms with Crippen molar-refractivity contribution in [3.8, 4) is 0 Å². The van der Waals surface area contributed by atoms with Crippen LogP contribution in [0.15, 0.2) is 30.3 Å². The molecule has 120 valence electrons. The molecule has 3 amide bonds. The van der Waals surface area contributed by atoms with Gasteiger partial charge < -0.3 is 4.90 Å². The molecule has 6 nitrogen and oxygen atoms in total. The molecule has 2 heterocycles. The molecule has 0 unspecified atom stereocenters. The number of carbonyl (C=O) groups is 2. The lowest BCUT2D eigenvalue weighted by Crippen LogP contribution is -2.31. The highest BCUT2D eigenvalue weighted by atomic mass is 32.1. The summed E-state index contributed by atoms with van der Waals surface area (Å²) in [5.74, 6) is -0.291. The number of nitrogens with zero attached hydrogens (tertiary/aromatic N) is 4. The maximum absolute atomic E-state index is 12.8. The standard InChI is InChI=1S/C16H18N4O2S/c1-16(2,3)13-17-18-14(23-13)20-12(21)11(19(4)15(20)22)10-8-6-5-7-9-10/h5-9,11H,1-4H3/t11-/m0/s1. The second-order valence-electron chi connectivity index (χ2n) is 6.52. The fourth-order valence-electron chi connectivity index (χ4n) is 2.44. The number of urea groups is 1. The van der Waals surface area contributed by atoms with Gasteiger partial charge in [-0.05, 0) is 5.56 Å². The van der Waals surface area contributed by atoms with E-state index in [1.807, 2.05) is 51.1 Å². The fourth-order valence-corrected chi connectivity index (χ4v) is 3.34. The Morgan fingerprint density at radius 1 is 1.09 bits per heavy atom. The van der Waals surface area contributed by atoms with Crippen LogP contribution in [0.4, 0.5) is 9.93 Å². The minimum absolute atomic E-state index is 0.174. The Balaban J connectivity index is 1.97. The van der Waals surface area contributed by atoms with Crippen LogP contribution in [-0.4, -0.2) is 34.1 Å². The molecule has 1 aliphatic rings. The van der Waals surface area contributed by atoms with E-state index in [1.165, 1.54) is 16.2 Å². The Kier molecular flexibility index (Phi) is 3.68. The van der Waals surface area contributed by atoms with Crippen molar-refractivity contribution in [3.05, 3.63) is 40.9 Å². The number of rotatable bonds is 2. The average molecular weight is 330 g/mol. The molecule has 0 aliphatic carbocycles. The van der Waals surface area contributed by atoms with E-state index in [9.17, 15) is 9.59 Å². The van der Waals surface area contributed by atoms with E-state index in [2.05, 4.69) is 10.2 Å². The first kappa shape index (κ1) is 15.6. The number of carbonyl (C=O) groups excluding carboxylic acids is 2. The van der Waals surface area contributed by atoms with Crippen molar-refractivity contribution in [2.45, 2.75) is 32.2 Å². The van der Waals surface area contributed by atoms with Gasteiger partial charge in [0.2, 0.25) is 5.13 Å². The van der Waals surface area contributed by atoms with Crippen molar-refractivity contribution in [1.29, 1.82) is 0 Å². The molecule has 1 fully saturated rings. The first-order chi connectivity index (χ1) is 10.8. The molecule has 0 N–H and O–H groups in total. The van der Waals surface area contributed by atoms with Crippen LogP contribution < -0.4 is 4.90 Å². The molecule has 3 rings (SSSR count). The lowest BCUT2D eigenvalue weighted by Gasteiger charge is -2.15. The van der Waals surface area contributed by atoms with Crippen molar-refractivity contribution in [3.63, 3.8) is 0 Å². The summed E-state index contributed by atoms with van der Waals surface area (Å²) in [7, 11) is 1.63. The lowest BCUT2D eigenvalue weighted by atomic mass is 9.98. The van der Waals surface area contributed by atoms with E-state index in [4.69, 9.17) is 0 Å². The summed E-state index contributed by atoms with van der Waals surface area (Å²) in [4.78, 5) is 27.9. The Morgan fingerprint density at radius 3 is 2.30 bits per heavy atom. The van der Waals surface area contributed by atoms with Crippen molar-refractivity contribution in [2.75, 3.05) is 11.9 Å². The van der Waals surface area contributed by atoms with Gasteiger partial charge in [0.25, 0.3) is 5.91 Å². The molecule has 0 spiro atoms. The van der Waals surface area contributed by atoms with E-state index in [0.717, 1.165) is 15.5 Å². The number of aromatic nitrogens is 2. The topological polar surface area (TPSA) is 66.4 Å². The predicted molar refractivity (Wildman–Crippen MR) is 88.4 cm³/mol. The Bertz CT molecular complexity index is 751. The van der Waals surface area contributed by atoms with Crippen LogP contribution in [0, 0.1) is 0 Å². The Hall–Kier alpha value is -2.28. The largest absolute Gasteiger partial charge is 0.334 e. The minimum atomic E-state index is -0.620. The zero-order valence-electron chi connectivity index (χ0n) is 13.5. The van der Waals surface area contributed by atoms with E-state index < -0.39 is 6.04 Å². The maximum Gasteiger partial charge on any atom is 0.334 e. The molecule has 7 heteroatoms. The SMILES string of the molecule is CN1C(=O)N(c2nnc(C(C)(C)C)s2)C(=O)[C@@H]1c1ccccc1. The summed E-state index contributed by atoms with van der Waals surface area (Å²) in [5.41, 5.74) is 0.614. The molecule has 1 aliphatic heterocycles. The van der Waals surface area contributed by atoms with E-state index in [1.54, 1.807) is 7.05 Å². The minimum Gasteiger partial charge on any atom is -0.311 e. The van der Waals surface area contributed by atoms with Crippen molar-refractivity contribution in [1.82, 2.24) is 15.1 Å². The van der Waals surface area contributed by atoms with Gasteiger partial charge in [-0.2, -0.15) is 0 Å². The number of amides is 3. The molecule has 23 heavy (non-hydrogen) atoms. The van der Waals surface area contributed by atoms with Crippen LogP contribution in [0.25, 0.3) is 0 Å². The van der Waals surface area contributed by atoms with Crippen LogP contribution in [0.5, 0.6) is 0 Å². The second-order valence-corrected chi connectivity index (χ2v) is 7.48. The molecule has 0 saturated carbocycles. The normalized spacial score (nSPS) is 18.9. The first-order valence-electron chi connectivity index (χ1n) is 7.30. The maximum atomic E-state index is 12.8. The van der Waals surface area contributed by atoms with Crippen LogP contribution >= 0.6 is 11.3 Å². The highest BCUT2D eigenvalue weighted by Crippen LogP contribution is 2.36. The van der Waals surface area contributed by atoms with Crippen LogP contribution in [0.3, 0.4) is 0 Å². The quantitative estimate of drug-likeness (QED) is 0.794. The first-order valence-corrected chi connectivity index (χ1v) is 8.12. The molecule has 0 radical (unpaired) electrons. The van der Waals surface area contributed by atoms with E-state index in [0.29, 0.717) is 5.13 Å². The Morgan fingerprint density at radius 2 is 1.74 bits per heavy atom. The van der Waals surface area contributed by atoms with Gasteiger partial charge in [-0.15, -0.1) is 10.2 Å². The van der Waals surface area contributed by atoms with Gasteiger partial charge in [0.05, 0.1) is 0 Å². The summed E-state index contributed by atoms with van der Waals surface area (Å²) in [6.45, 7) is 6.05. The molecule has 2 aromatic rings. The van der Waals surface area contributed by atoms with Gasteiger partial charge in [0.1, 0.15) is 11.0 Å². The third-order valence-corrected chi connectivity index (χ3v) is 5.03. The van der Waals surface area contributed by atoms with Gasteiger partial charge in [-0.25, -0.2) is 9.69 Å². The second kappa shape index (κ2) is 5.42. The van der Waals surface area contributed by atoms with Crippen molar-refractivity contribution < 1.29 is 9.59 Å². The number of imide groups is 1. The highest BCUT2D eigenvalue weighted by molar-refractivity contribution is 7.15. The number of anilines is 1. The lowest BCUT2D eigenvalue weighted by molar-refractivity contribution is -0.119. The van der Waals surface area contributed by atoms with Crippen LogP contribution in [0.1, 0.15) is 37.4 Å². The molecule has 1 saturated heterocycles. The summed E-state index contributed by atoms with van der Waals surface area (Å²) >= 11 is 1.28. The van der Waals surface area contributed by atoms with Crippen molar-refractivity contribution >= 4 is 28.4 Å². The molecule has 1 aromatic heterocycles. The number of benzene rings is 1. The van der Waals surface area contributed by atoms with E-state index in [-0.39, 0.29) is 17.4 Å². The van der Waals surface area contributed by atoms with Gasteiger partial charge in [-0.1, -0.05) is 62.4 Å². The van der Waals surface area contributed by atoms with Crippen LogP contribution in [-0.2, 0) is 10.2 Å². The third-order valence-electron chi connectivity index (χ3n) is 3.70. The zero-order valence-corrected chi connectivity index (χ0v) is 14.3. The average Bonchev–Trinajstić information content (AvgIpc) is 3.05. The summed E-state index contributed by atoms with van der Waals surface area (Å²) in [6.07, 6.45) is 0. The van der Waals surface area contributed by atoms with Crippen molar-refractivity contribution in [2.24, 2.45) is 0 Å². The molecule has 1 aromatic carbocycles. The third kappa shape index (κ3) is 2.61. The number of likely N-dealkylation sites (N-methyl/N-ethyl adjacent to an activating group) is 1. The van der Waals surface area contributed by atoms with Crippen LogP contribution in [0.2, 0.25) is 0 Å². The number of hydrogen-bond donors (Lipinski definition) is 0. The Labute approximate surface area is 138 Å². The van der Waals surface area contributed by atoms with Gasteiger partial charge in [-0.3, -0.25) is 4.79 Å². The van der Waals surface area contributed by atoms with Gasteiger partial charge in [0.15, 0.2) is 0 Å². The highest BCUT2D eigenvalue weighted by Gasteiger charge is 2.46. The predicted octanol–water partition coefficient (Wildman–Crippen LogP) is 2.98. The van der Waals surface area contributed by atoms with Gasteiger partial charge >= 0.3 is 6.03 Å². The summed E-state index contributed by atoms with van der Waals surface area (Å²) in [6, 6.07) is 8.28. The monoisotopic (exact) mass is 330 g/mol.